The molecule has 3 N–H and O–H groups in total. The van der Waals surface area contributed by atoms with Gasteiger partial charge in [-0.05, 0) is 6.92 Å². The van der Waals surface area contributed by atoms with Crippen LogP contribution >= 0.6 is 0 Å². The van der Waals surface area contributed by atoms with E-state index in [1.807, 2.05) is 0 Å². The third-order valence-electron chi connectivity index (χ3n) is 3.54. The molecule has 0 unspecified atom stereocenters. The van der Waals surface area contributed by atoms with Crippen LogP contribution in [0, 0.1) is 6.92 Å². The number of rotatable bonds is 5. The van der Waals surface area contributed by atoms with E-state index >= 15 is 0 Å². The van der Waals surface area contributed by atoms with Crippen LogP contribution in [-0.2, 0) is 13.6 Å². The number of nitrogens with one attached hydrogen (secondary N) is 1. The predicted octanol–water partition coefficient (Wildman–Crippen LogP) is 1.62. The van der Waals surface area contributed by atoms with Crippen molar-refractivity contribution in [3.63, 3.8) is 0 Å². The lowest BCUT2D eigenvalue weighted by Gasteiger charge is -2.09. The van der Waals surface area contributed by atoms with Gasteiger partial charge in [0.05, 0.1) is 29.7 Å². The molecule has 3 aromatic rings. The lowest BCUT2D eigenvalue weighted by molar-refractivity contribution is 0.0944. The van der Waals surface area contributed by atoms with Gasteiger partial charge in [0.1, 0.15) is 12.0 Å². The van der Waals surface area contributed by atoms with Crippen molar-refractivity contribution in [2.75, 3.05) is 5.73 Å². The van der Waals surface area contributed by atoms with Crippen molar-refractivity contribution in [1.82, 2.24) is 30.0 Å². The third-order valence-corrected chi connectivity index (χ3v) is 3.54. The second-order valence-electron chi connectivity index (χ2n) is 5.42. The van der Waals surface area contributed by atoms with Crippen LogP contribution in [0.2, 0.25) is 0 Å². The predicted molar refractivity (Wildman–Crippen MR) is 86.0 cm³/mol. The Bertz CT molecular complexity index is 938. The number of oxazole rings is 1. The number of nitrogen functional groups attached to an aromatic ring is 1. The van der Waals surface area contributed by atoms with Crippen LogP contribution in [0.25, 0.3) is 11.6 Å². The van der Waals surface area contributed by atoms with E-state index in [2.05, 4.69) is 25.4 Å². The van der Waals surface area contributed by atoms with Crippen LogP contribution in [0.15, 0.2) is 23.1 Å². The quantitative estimate of drug-likeness (QED) is 0.705. The summed E-state index contributed by atoms with van der Waals surface area (Å²) in [7, 11) is 1.52. The lowest BCUT2D eigenvalue weighted by Crippen LogP contribution is -2.26. The van der Waals surface area contributed by atoms with Crippen LogP contribution in [0.1, 0.15) is 33.9 Å². The maximum Gasteiger partial charge on any atom is 0.274 e. The molecule has 0 radical (unpaired) electrons. The number of nitrogens with zero attached hydrogens (tertiary/aromatic N) is 5. The molecule has 0 spiro atoms. The lowest BCUT2D eigenvalue weighted by atomic mass is 10.2. The third kappa shape index (κ3) is 3.36. The summed E-state index contributed by atoms with van der Waals surface area (Å²) in [5, 5.41) is 6.40. The molecule has 0 aliphatic rings. The van der Waals surface area contributed by atoms with E-state index in [1.54, 1.807) is 6.92 Å². The average molecular weight is 363 g/mol. The van der Waals surface area contributed by atoms with Crippen molar-refractivity contribution < 1.29 is 18.0 Å². The average Bonchev–Trinajstić information content (AvgIpc) is 3.23. The SMILES string of the molecule is Cc1nc(C(=O)NCc2nn(C)cc2C(F)F)c(N)nc1-c1ncco1. The molecule has 136 valence electrons. The number of amides is 1. The molecular formula is C15H15F2N7O2. The number of carbonyl (C=O) groups excluding carboxylic acids is 1. The summed E-state index contributed by atoms with van der Waals surface area (Å²) in [6.45, 7) is 1.43. The van der Waals surface area contributed by atoms with E-state index in [-0.39, 0.29) is 35.2 Å². The molecule has 0 fully saturated rings. The minimum Gasteiger partial charge on any atom is -0.443 e. The molecule has 9 nitrogen and oxygen atoms in total. The van der Waals surface area contributed by atoms with Gasteiger partial charge in [0.2, 0.25) is 5.89 Å². The van der Waals surface area contributed by atoms with Gasteiger partial charge in [-0.2, -0.15) is 5.10 Å². The number of aryl methyl sites for hydroxylation is 2. The van der Waals surface area contributed by atoms with E-state index in [1.165, 1.54) is 30.4 Å². The van der Waals surface area contributed by atoms with Gasteiger partial charge in [0.25, 0.3) is 12.3 Å². The Morgan fingerprint density at radius 1 is 1.42 bits per heavy atom. The molecule has 0 saturated heterocycles. The number of hydrogen-bond acceptors (Lipinski definition) is 7. The molecule has 0 aliphatic carbocycles. The molecule has 3 heterocycles. The Labute approximate surface area is 146 Å². The molecule has 26 heavy (non-hydrogen) atoms. The number of carbonyl (C=O) groups is 1. The van der Waals surface area contributed by atoms with E-state index in [9.17, 15) is 13.6 Å². The van der Waals surface area contributed by atoms with Crippen LogP contribution < -0.4 is 11.1 Å². The number of hydrogen-bond donors (Lipinski definition) is 2. The molecule has 0 bridgehead atoms. The van der Waals surface area contributed by atoms with Crippen molar-refractivity contribution in [2.24, 2.45) is 7.05 Å². The molecule has 0 saturated carbocycles. The summed E-state index contributed by atoms with van der Waals surface area (Å²) >= 11 is 0. The zero-order chi connectivity index (χ0) is 18.8. The largest absolute Gasteiger partial charge is 0.443 e. The van der Waals surface area contributed by atoms with Gasteiger partial charge in [0, 0.05) is 13.2 Å². The van der Waals surface area contributed by atoms with Gasteiger partial charge in [0.15, 0.2) is 11.5 Å². The van der Waals surface area contributed by atoms with Crippen molar-refractivity contribution in [3.8, 4) is 11.6 Å². The number of nitrogens with two attached hydrogens (primary N) is 1. The first-order chi connectivity index (χ1) is 12.4. The highest BCUT2D eigenvalue weighted by molar-refractivity contribution is 5.96. The van der Waals surface area contributed by atoms with E-state index < -0.39 is 12.3 Å². The fraction of sp³-hybridized carbons (Fsp3) is 0.267. The fourth-order valence-electron chi connectivity index (χ4n) is 2.36. The molecule has 0 aliphatic heterocycles. The first kappa shape index (κ1) is 17.5. The number of alkyl halides is 2. The van der Waals surface area contributed by atoms with Gasteiger partial charge < -0.3 is 15.5 Å². The van der Waals surface area contributed by atoms with E-state index in [0.29, 0.717) is 11.4 Å². The minimum absolute atomic E-state index is 0.0653. The van der Waals surface area contributed by atoms with Gasteiger partial charge in [-0.3, -0.25) is 9.48 Å². The molecular weight excluding hydrogens is 348 g/mol. The number of halogens is 2. The smallest absolute Gasteiger partial charge is 0.274 e. The molecule has 11 heteroatoms. The summed E-state index contributed by atoms with van der Waals surface area (Å²) < 4.78 is 32.3. The number of anilines is 1. The van der Waals surface area contributed by atoms with Gasteiger partial charge in [-0.1, -0.05) is 0 Å². The Morgan fingerprint density at radius 2 is 2.19 bits per heavy atom. The Balaban J connectivity index is 1.79. The number of aromatic nitrogens is 5. The van der Waals surface area contributed by atoms with E-state index in [0.717, 1.165) is 0 Å². The highest BCUT2D eigenvalue weighted by atomic mass is 19.3. The highest BCUT2D eigenvalue weighted by Crippen LogP contribution is 2.23. The Morgan fingerprint density at radius 3 is 2.85 bits per heavy atom. The first-order valence-corrected chi connectivity index (χ1v) is 7.49. The minimum atomic E-state index is -2.69. The summed E-state index contributed by atoms with van der Waals surface area (Å²) in [5.74, 6) is -0.553. The maximum atomic E-state index is 13.0. The summed E-state index contributed by atoms with van der Waals surface area (Å²) in [6.07, 6.45) is 1.33. The normalized spacial score (nSPS) is 11.1. The summed E-state index contributed by atoms with van der Waals surface area (Å²) in [6, 6.07) is 0. The zero-order valence-corrected chi connectivity index (χ0v) is 13.9. The topological polar surface area (TPSA) is 125 Å². The van der Waals surface area contributed by atoms with Crippen LogP contribution in [0.5, 0.6) is 0 Å². The van der Waals surface area contributed by atoms with Gasteiger partial charge >= 0.3 is 0 Å². The molecule has 3 rings (SSSR count). The zero-order valence-electron chi connectivity index (χ0n) is 13.9. The van der Waals surface area contributed by atoms with Crippen LogP contribution in [-0.4, -0.2) is 30.6 Å². The highest BCUT2D eigenvalue weighted by Gasteiger charge is 2.21. The molecule has 1 amide bonds. The Hall–Kier alpha value is -3.37. The Kier molecular flexibility index (Phi) is 4.61. The van der Waals surface area contributed by atoms with Crippen LogP contribution in [0.4, 0.5) is 14.6 Å². The van der Waals surface area contributed by atoms with E-state index in [4.69, 9.17) is 10.2 Å². The molecule has 3 aromatic heterocycles. The summed E-state index contributed by atoms with van der Waals surface area (Å²) in [5.41, 5.74) is 6.20. The second kappa shape index (κ2) is 6.86. The standard InChI is InChI=1S/C15H15F2N7O2/c1-7-10(15-19-3-4-26-15)22-13(18)11(21-7)14(25)20-5-9-8(12(16)17)6-24(2)23-9/h3-4,6,12H,5H2,1-2H3,(H2,18,22)(H,20,25). The second-order valence-corrected chi connectivity index (χ2v) is 5.42. The van der Waals surface area contributed by atoms with Crippen LogP contribution in [0.3, 0.4) is 0 Å². The van der Waals surface area contributed by atoms with Crippen molar-refractivity contribution in [1.29, 1.82) is 0 Å². The summed E-state index contributed by atoms with van der Waals surface area (Å²) in [4.78, 5) is 24.5. The van der Waals surface area contributed by atoms with Gasteiger partial charge in [-0.25, -0.2) is 23.7 Å². The molecule has 0 aromatic carbocycles. The van der Waals surface area contributed by atoms with Crippen molar-refractivity contribution >= 4 is 11.7 Å². The monoisotopic (exact) mass is 363 g/mol. The maximum absolute atomic E-state index is 13.0. The fourth-order valence-corrected chi connectivity index (χ4v) is 2.36. The first-order valence-electron chi connectivity index (χ1n) is 7.49. The molecule has 0 atom stereocenters. The van der Waals surface area contributed by atoms with Gasteiger partial charge in [-0.15, -0.1) is 0 Å². The van der Waals surface area contributed by atoms with Crippen molar-refractivity contribution in [3.05, 3.63) is 41.3 Å². The van der Waals surface area contributed by atoms with Crippen molar-refractivity contribution in [2.45, 2.75) is 19.9 Å².